The Bertz CT molecular complexity index is 638. The van der Waals surface area contributed by atoms with Gasteiger partial charge in [0.15, 0.2) is 0 Å². The first-order valence-corrected chi connectivity index (χ1v) is 7.29. The van der Waals surface area contributed by atoms with Crippen LogP contribution in [0.3, 0.4) is 0 Å². The number of para-hydroxylation sites is 2. The number of nitrogens with zero attached hydrogens (tertiary/aromatic N) is 2. The average Bonchev–Trinajstić information content (AvgIpc) is 3.04. The fourth-order valence-electron chi connectivity index (χ4n) is 1.95. The number of anilines is 1. The molecule has 5 heteroatoms. The maximum absolute atomic E-state index is 4.48. The van der Waals surface area contributed by atoms with Crippen molar-refractivity contribution in [3.63, 3.8) is 0 Å². The first-order valence-electron chi connectivity index (χ1n) is 6.47. The number of hydrogen-bond acceptors (Lipinski definition) is 4. The molecule has 98 valence electrons. The highest BCUT2D eigenvalue weighted by atomic mass is 32.1. The van der Waals surface area contributed by atoms with Gasteiger partial charge in [-0.3, -0.25) is 0 Å². The summed E-state index contributed by atoms with van der Waals surface area (Å²) in [5.41, 5.74) is 2.06. The van der Waals surface area contributed by atoms with Gasteiger partial charge in [-0.1, -0.05) is 19.1 Å². The Morgan fingerprint density at radius 3 is 3.00 bits per heavy atom. The van der Waals surface area contributed by atoms with Crippen molar-refractivity contribution in [2.75, 3.05) is 11.9 Å². The lowest BCUT2D eigenvalue weighted by atomic mass is 10.3. The lowest BCUT2D eigenvalue weighted by Gasteiger charge is -1.99. The third kappa shape index (κ3) is 2.76. The Hall–Kier alpha value is -1.88. The van der Waals surface area contributed by atoms with Gasteiger partial charge in [-0.05, 0) is 18.6 Å². The molecule has 3 aromatic rings. The van der Waals surface area contributed by atoms with E-state index in [4.69, 9.17) is 0 Å². The minimum Gasteiger partial charge on any atom is -0.355 e. The summed E-state index contributed by atoms with van der Waals surface area (Å²) in [7, 11) is 0. The van der Waals surface area contributed by atoms with Crippen molar-refractivity contribution >= 4 is 28.3 Å². The number of aryl methyl sites for hydroxylation is 1. The highest BCUT2D eigenvalue weighted by Crippen LogP contribution is 2.15. The predicted octanol–water partition coefficient (Wildman–Crippen LogP) is 3.24. The number of aromatic nitrogens is 3. The van der Waals surface area contributed by atoms with Gasteiger partial charge in [0.05, 0.1) is 16.0 Å². The largest absolute Gasteiger partial charge is 0.355 e. The Labute approximate surface area is 115 Å². The standard InChI is InChI=1S/C14H16N4S/c1-2-10-9-16-13(19-10)7-8-15-14-17-11-5-3-4-6-12(11)18-14/h3-6,9H,2,7-8H2,1H3,(H2,15,17,18). The number of thiazole rings is 1. The van der Waals surface area contributed by atoms with Gasteiger partial charge in [-0.25, -0.2) is 9.97 Å². The molecule has 0 saturated heterocycles. The van der Waals surface area contributed by atoms with Crippen LogP contribution in [0.25, 0.3) is 11.0 Å². The van der Waals surface area contributed by atoms with Crippen molar-refractivity contribution < 1.29 is 0 Å². The SMILES string of the molecule is CCc1cnc(CCNc2nc3ccccc3[nH]2)s1. The van der Waals surface area contributed by atoms with Crippen LogP contribution in [0.5, 0.6) is 0 Å². The van der Waals surface area contributed by atoms with E-state index < -0.39 is 0 Å². The third-order valence-corrected chi connectivity index (χ3v) is 4.17. The summed E-state index contributed by atoms with van der Waals surface area (Å²) in [6.45, 7) is 3.00. The molecule has 1 aromatic carbocycles. The summed E-state index contributed by atoms with van der Waals surface area (Å²) >= 11 is 1.79. The number of benzene rings is 1. The van der Waals surface area contributed by atoms with E-state index in [1.54, 1.807) is 11.3 Å². The summed E-state index contributed by atoms with van der Waals surface area (Å²) in [4.78, 5) is 13.5. The van der Waals surface area contributed by atoms with Crippen LogP contribution in [-0.2, 0) is 12.8 Å². The summed E-state index contributed by atoms with van der Waals surface area (Å²) in [5, 5.41) is 4.49. The van der Waals surface area contributed by atoms with Crippen LogP contribution >= 0.6 is 11.3 Å². The molecule has 0 aliphatic carbocycles. The van der Waals surface area contributed by atoms with Crippen molar-refractivity contribution in [1.29, 1.82) is 0 Å². The molecule has 19 heavy (non-hydrogen) atoms. The van der Waals surface area contributed by atoms with E-state index in [-0.39, 0.29) is 0 Å². The van der Waals surface area contributed by atoms with E-state index in [2.05, 4.69) is 27.2 Å². The van der Waals surface area contributed by atoms with E-state index in [1.807, 2.05) is 30.5 Å². The third-order valence-electron chi connectivity index (χ3n) is 2.97. The maximum Gasteiger partial charge on any atom is 0.201 e. The molecule has 0 saturated carbocycles. The van der Waals surface area contributed by atoms with Gasteiger partial charge in [0.1, 0.15) is 0 Å². The molecule has 0 amide bonds. The van der Waals surface area contributed by atoms with Crippen LogP contribution in [0.4, 0.5) is 5.95 Å². The zero-order valence-corrected chi connectivity index (χ0v) is 11.6. The van der Waals surface area contributed by atoms with Crippen LogP contribution in [-0.4, -0.2) is 21.5 Å². The van der Waals surface area contributed by atoms with Crippen LogP contribution < -0.4 is 5.32 Å². The number of fused-ring (bicyclic) bond motifs is 1. The van der Waals surface area contributed by atoms with Gasteiger partial charge in [-0.2, -0.15) is 0 Å². The predicted molar refractivity (Wildman–Crippen MR) is 79.8 cm³/mol. The smallest absolute Gasteiger partial charge is 0.201 e. The van der Waals surface area contributed by atoms with Gasteiger partial charge in [0.2, 0.25) is 5.95 Å². The zero-order chi connectivity index (χ0) is 13.1. The van der Waals surface area contributed by atoms with Crippen LogP contribution in [0.2, 0.25) is 0 Å². The lowest BCUT2D eigenvalue weighted by Crippen LogP contribution is -2.05. The van der Waals surface area contributed by atoms with Gasteiger partial charge >= 0.3 is 0 Å². The minimum atomic E-state index is 0.827. The second kappa shape index (κ2) is 5.40. The van der Waals surface area contributed by atoms with E-state index in [0.717, 1.165) is 36.4 Å². The molecule has 0 bridgehead atoms. The number of nitrogens with one attached hydrogen (secondary N) is 2. The Kier molecular flexibility index (Phi) is 3.46. The second-order valence-corrected chi connectivity index (χ2v) is 5.55. The lowest BCUT2D eigenvalue weighted by molar-refractivity contribution is 0.981. The summed E-state index contributed by atoms with van der Waals surface area (Å²) < 4.78 is 0. The van der Waals surface area contributed by atoms with Crippen molar-refractivity contribution in [3.05, 3.63) is 40.3 Å². The number of aromatic amines is 1. The van der Waals surface area contributed by atoms with Crippen LogP contribution in [0.15, 0.2) is 30.5 Å². The molecule has 0 aliphatic rings. The summed E-state index contributed by atoms with van der Waals surface area (Å²) in [6.07, 6.45) is 3.97. The van der Waals surface area contributed by atoms with E-state index in [0.29, 0.717) is 0 Å². The molecule has 0 radical (unpaired) electrons. The van der Waals surface area contributed by atoms with Crippen molar-refractivity contribution in [2.24, 2.45) is 0 Å². The number of H-pyrrole nitrogens is 1. The van der Waals surface area contributed by atoms with Crippen LogP contribution in [0, 0.1) is 0 Å². The fraction of sp³-hybridized carbons (Fsp3) is 0.286. The van der Waals surface area contributed by atoms with Gasteiger partial charge in [0, 0.05) is 24.0 Å². The molecule has 0 fully saturated rings. The Morgan fingerprint density at radius 2 is 2.21 bits per heavy atom. The van der Waals surface area contributed by atoms with Crippen molar-refractivity contribution in [2.45, 2.75) is 19.8 Å². The van der Waals surface area contributed by atoms with E-state index >= 15 is 0 Å². The number of hydrogen-bond donors (Lipinski definition) is 2. The van der Waals surface area contributed by atoms with Crippen LogP contribution in [0.1, 0.15) is 16.8 Å². The summed E-state index contributed by atoms with van der Waals surface area (Å²) in [5.74, 6) is 0.827. The molecular weight excluding hydrogens is 256 g/mol. The molecule has 0 aliphatic heterocycles. The molecular formula is C14H16N4S. The first-order chi connectivity index (χ1) is 9.35. The Morgan fingerprint density at radius 1 is 1.32 bits per heavy atom. The number of imidazole rings is 1. The molecule has 0 atom stereocenters. The Balaban J connectivity index is 1.59. The average molecular weight is 272 g/mol. The van der Waals surface area contributed by atoms with Crippen molar-refractivity contribution in [3.8, 4) is 0 Å². The quantitative estimate of drug-likeness (QED) is 0.749. The first kappa shape index (κ1) is 12.2. The van der Waals surface area contributed by atoms with Gasteiger partial charge < -0.3 is 10.3 Å². The topological polar surface area (TPSA) is 53.6 Å². The zero-order valence-electron chi connectivity index (χ0n) is 10.8. The molecule has 2 aromatic heterocycles. The van der Waals surface area contributed by atoms with Gasteiger partial charge in [-0.15, -0.1) is 11.3 Å². The van der Waals surface area contributed by atoms with Crippen molar-refractivity contribution in [1.82, 2.24) is 15.0 Å². The molecule has 2 heterocycles. The molecule has 3 rings (SSSR count). The molecule has 4 nitrogen and oxygen atoms in total. The van der Waals surface area contributed by atoms with E-state index in [9.17, 15) is 0 Å². The summed E-state index contributed by atoms with van der Waals surface area (Å²) in [6, 6.07) is 8.04. The second-order valence-electron chi connectivity index (χ2n) is 4.35. The maximum atomic E-state index is 4.48. The highest BCUT2D eigenvalue weighted by Gasteiger charge is 2.03. The minimum absolute atomic E-state index is 0.827. The highest BCUT2D eigenvalue weighted by molar-refractivity contribution is 7.11. The monoisotopic (exact) mass is 272 g/mol. The molecule has 0 unspecified atom stereocenters. The normalized spacial score (nSPS) is 11.0. The number of rotatable bonds is 5. The molecule has 0 spiro atoms. The fourth-order valence-corrected chi connectivity index (χ4v) is 2.81. The van der Waals surface area contributed by atoms with E-state index in [1.165, 1.54) is 9.88 Å². The molecule has 2 N–H and O–H groups in total. The van der Waals surface area contributed by atoms with Gasteiger partial charge in [0.25, 0.3) is 0 Å².